The number of amides is 1. The van der Waals surface area contributed by atoms with Gasteiger partial charge in [-0.1, -0.05) is 25.0 Å². The zero-order valence-corrected chi connectivity index (χ0v) is 18.8. The lowest BCUT2D eigenvalue weighted by Crippen LogP contribution is -2.45. The van der Waals surface area contributed by atoms with Gasteiger partial charge in [-0.3, -0.25) is 14.6 Å². The Morgan fingerprint density at radius 1 is 1.03 bits per heavy atom. The third kappa shape index (κ3) is 6.27. The number of piperidine rings is 1. The molecular weight excluding hydrogens is 393 g/mol. The summed E-state index contributed by atoms with van der Waals surface area (Å²) in [5.41, 5.74) is 1.13. The molecule has 0 aromatic heterocycles. The SMILES string of the molecule is O=C(CN1CCC(CCN2CCOCC2)CC1)NCC1(c2ccc(F)cc2)CCCC1. The zero-order valence-electron chi connectivity index (χ0n) is 18.8. The van der Waals surface area contributed by atoms with Crippen LogP contribution in [0.2, 0.25) is 0 Å². The van der Waals surface area contributed by atoms with Crippen molar-refractivity contribution in [2.24, 2.45) is 5.92 Å². The molecule has 3 aliphatic rings. The first-order valence-corrected chi connectivity index (χ1v) is 12.2. The molecule has 172 valence electrons. The monoisotopic (exact) mass is 431 g/mol. The summed E-state index contributed by atoms with van der Waals surface area (Å²) >= 11 is 0. The summed E-state index contributed by atoms with van der Waals surface area (Å²) in [4.78, 5) is 17.5. The van der Waals surface area contributed by atoms with E-state index in [1.54, 1.807) is 12.1 Å². The van der Waals surface area contributed by atoms with Crippen LogP contribution in [0, 0.1) is 11.7 Å². The molecule has 4 rings (SSSR count). The van der Waals surface area contributed by atoms with Crippen LogP contribution in [0.15, 0.2) is 24.3 Å². The molecule has 31 heavy (non-hydrogen) atoms. The Morgan fingerprint density at radius 3 is 2.39 bits per heavy atom. The molecule has 2 saturated heterocycles. The smallest absolute Gasteiger partial charge is 0.234 e. The third-order valence-corrected chi connectivity index (χ3v) is 7.67. The van der Waals surface area contributed by atoms with Crippen molar-refractivity contribution in [2.45, 2.75) is 50.4 Å². The first-order chi connectivity index (χ1) is 15.1. The number of carbonyl (C=O) groups excluding carboxylic acids is 1. The molecule has 6 heteroatoms. The van der Waals surface area contributed by atoms with Crippen LogP contribution in [0.25, 0.3) is 0 Å². The van der Waals surface area contributed by atoms with Gasteiger partial charge in [-0.2, -0.15) is 0 Å². The van der Waals surface area contributed by atoms with Gasteiger partial charge in [0.25, 0.3) is 0 Å². The van der Waals surface area contributed by atoms with Crippen molar-refractivity contribution in [3.05, 3.63) is 35.6 Å². The number of hydrogen-bond donors (Lipinski definition) is 1. The molecule has 0 radical (unpaired) electrons. The topological polar surface area (TPSA) is 44.8 Å². The number of likely N-dealkylation sites (tertiary alicyclic amines) is 1. The summed E-state index contributed by atoms with van der Waals surface area (Å²) in [6, 6.07) is 6.88. The number of rotatable bonds is 8. The standard InChI is InChI=1S/C25H38FN3O2/c26-23-5-3-22(4-6-23)25(10-1-2-11-25)20-27-24(30)19-29-13-8-21(9-14-29)7-12-28-15-17-31-18-16-28/h3-6,21H,1-2,7-20H2,(H,27,30). The second kappa shape index (κ2) is 10.9. The van der Waals surface area contributed by atoms with Crippen LogP contribution in [0.4, 0.5) is 4.39 Å². The third-order valence-electron chi connectivity index (χ3n) is 7.67. The molecule has 2 aliphatic heterocycles. The Balaban J connectivity index is 1.18. The summed E-state index contributed by atoms with van der Waals surface area (Å²) in [5.74, 6) is 0.705. The van der Waals surface area contributed by atoms with Crippen LogP contribution in [0.5, 0.6) is 0 Å². The molecule has 1 amide bonds. The van der Waals surface area contributed by atoms with Crippen LogP contribution < -0.4 is 5.32 Å². The Morgan fingerprint density at radius 2 is 1.71 bits per heavy atom. The minimum atomic E-state index is -0.200. The number of nitrogens with zero attached hydrogens (tertiary/aromatic N) is 2. The molecule has 1 aromatic rings. The quantitative estimate of drug-likeness (QED) is 0.687. The van der Waals surface area contributed by atoms with Crippen molar-refractivity contribution in [1.82, 2.24) is 15.1 Å². The van der Waals surface area contributed by atoms with Crippen LogP contribution in [-0.2, 0) is 14.9 Å². The summed E-state index contributed by atoms with van der Waals surface area (Å²) in [6.07, 6.45) is 8.12. The number of benzene rings is 1. The van der Waals surface area contributed by atoms with E-state index in [0.29, 0.717) is 13.1 Å². The van der Waals surface area contributed by atoms with Crippen LogP contribution in [-0.4, -0.2) is 74.7 Å². The van der Waals surface area contributed by atoms with Crippen molar-refractivity contribution in [1.29, 1.82) is 0 Å². The summed E-state index contributed by atoms with van der Waals surface area (Å²) in [6.45, 7) is 8.25. The molecule has 1 saturated carbocycles. The average Bonchev–Trinajstić information content (AvgIpc) is 3.29. The first-order valence-electron chi connectivity index (χ1n) is 12.2. The number of morpholine rings is 1. The van der Waals surface area contributed by atoms with Crippen molar-refractivity contribution in [3.63, 3.8) is 0 Å². The van der Waals surface area contributed by atoms with Crippen molar-refractivity contribution in [2.75, 3.05) is 59.0 Å². The normalized spacial score (nSPS) is 23.1. The highest BCUT2D eigenvalue weighted by Gasteiger charge is 2.36. The van der Waals surface area contributed by atoms with E-state index in [9.17, 15) is 9.18 Å². The van der Waals surface area contributed by atoms with E-state index in [-0.39, 0.29) is 17.1 Å². The van der Waals surface area contributed by atoms with Gasteiger partial charge in [-0.25, -0.2) is 4.39 Å². The Labute approximate surface area is 186 Å². The van der Waals surface area contributed by atoms with Gasteiger partial charge in [0, 0.05) is 25.0 Å². The lowest BCUT2D eigenvalue weighted by molar-refractivity contribution is -0.122. The van der Waals surface area contributed by atoms with Gasteiger partial charge in [0.2, 0.25) is 5.91 Å². The molecule has 1 N–H and O–H groups in total. The maximum Gasteiger partial charge on any atom is 0.234 e. The van der Waals surface area contributed by atoms with Gasteiger partial charge < -0.3 is 10.1 Å². The minimum Gasteiger partial charge on any atom is -0.379 e. The van der Waals surface area contributed by atoms with Gasteiger partial charge in [-0.15, -0.1) is 0 Å². The predicted molar refractivity (Wildman–Crippen MR) is 121 cm³/mol. The van der Waals surface area contributed by atoms with Crippen LogP contribution in [0.1, 0.15) is 50.5 Å². The number of hydrogen-bond acceptors (Lipinski definition) is 4. The highest BCUT2D eigenvalue weighted by Crippen LogP contribution is 2.40. The Hall–Kier alpha value is -1.50. The number of carbonyl (C=O) groups is 1. The van der Waals surface area contributed by atoms with E-state index >= 15 is 0 Å². The number of halogens is 1. The van der Waals surface area contributed by atoms with E-state index in [1.807, 2.05) is 12.1 Å². The maximum absolute atomic E-state index is 13.4. The summed E-state index contributed by atoms with van der Waals surface area (Å²) in [5, 5.41) is 3.21. The fourth-order valence-corrected chi connectivity index (χ4v) is 5.57. The Bertz CT molecular complexity index is 691. The van der Waals surface area contributed by atoms with Gasteiger partial charge in [0.1, 0.15) is 5.82 Å². The van der Waals surface area contributed by atoms with Crippen LogP contribution in [0.3, 0.4) is 0 Å². The van der Waals surface area contributed by atoms with E-state index in [4.69, 9.17) is 4.74 Å². The summed E-state index contributed by atoms with van der Waals surface area (Å²) in [7, 11) is 0. The molecule has 5 nitrogen and oxygen atoms in total. The van der Waals surface area contributed by atoms with Gasteiger partial charge in [0.15, 0.2) is 0 Å². The fraction of sp³-hybridized carbons (Fsp3) is 0.720. The largest absolute Gasteiger partial charge is 0.379 e. The lowest BCUT2D eigenvalue weighted by Gasteiger charge is -2.34. The molecule has 1 aliphatic carbocycles. The van der Waals surface area contributed by atoms with Crippen molar-refractivity contribution < 1.29 is 13.9 Å². The van der Waals surface area contributed by atoms with E-state index in [0.717, 1.165) is 63.7 Å². The zero-order chi connectivity index (χ0) is 21.5. The first kappa shape index (κ1) is 22.7. The second-order valence-electron chi connectivity index (χ2n) is 9.73. The van der Waals surface area contributed by atoms with Crippen molar-refractivity contribution >= 4 is 5.91 Å². The second-order valence-corrected chi connectivity index (χ2v) is 9.73. The van der Waals surface area contributed by atoms with E-state index in [2.05, 4.69) is 15.1 Å². The molecule has 0 atom stereocenters. The van der Waals surface area contributed by atoms with Crippen LogP contribution >= 0.6 is 0 Å². The lowest BCUT2D eigenvalue weighted by atomic mass is 9.79. The Kier molecular flexibility index (Phi) is 7.96. The van der Waals surface area contributed by atoms with E-state index < -0.39 is 0 Å². The molecule has 1 aromatic carbocycles. The van der Waals surface area contributed by atoms with E-state index in [1.165, 1.54) is 38.6 Å². The maximum atomic E-state index is 13.4. The molecule has 0 unspecified atom stereocenters. The highest BCUT2D eigenvalue weighted by atomic mass is 19.1. The molecule has 2 heterocycles. The predicted octanol–water partition coefficient (Wildman–Crippen LogP) is 3.19. The average molecular weight is 432 g/mol. The number of ether oxygens (including phenoxy) is 1. The molecule has 0 bridgehead atoms. The molecular formula is C25H38FN3O2. The fourth-order valence-electron chi connectivity index (χ4n) is 5.57. The summed E-state index contributed by atoms with van der Waals surface area (Å²) < 4.78 is 18.8. The number of nitrogens with one attached hydrogen (secondary N) is 1. The molecule has 3 fully saturated rings. The molecule has 0 spiro atoms. The van der Waals surface area contributed by atoms with Gasteiger partial charge in [0.05, 0.1) is 19.8 Å². The minimum absolute atomic E-state index is 0.0319. The van der Waals surface area contributed by atoms with Crippen molar-refractivity contribution in [3.8, 4) is 0 Å². The van der Waals surface area contributed by atoms with Gasteiger partial charge >= 0.3 is 0 Å². The van der Waals surface area contributed by atoms with Gasteiger partial charge in [-0.05, 0) is 75.4 Å². The highest BCUT2D eigenvalue weighted by molar-refractivity contribution is 5.78.